The van der Waals surface area contributed by atoms with E-state index in [4.69, 9.17) is 5.73 Å². The Labute approximate surface area is 201 Å². The molecule has 1 amide bonds. The third-order valence-corrected chi connectivity index (χ3v) is 5.94. The predicted molar refractivity (Wildman–Crippen MR) is 140 cm³/mol. The molecule has 0 rings (SSSR count). The van der Waals surface area contributed by atoms with Gasteiger partial charge in [0.25, 0.3) is 0 Å². The van der Waals surface area contributed by atoms with Crippen LogP contribution in [0, 0.1) is 0 Å². The van der Waals surface area contributed by atoms with Crippen LogP contribution in [-0.4, -0.2) is 32.1 Å². The fourth-order valence-electron chi connectivity index (χ4n) is 3.89. The fourth-order valence-corrected chi connectivity index (χ4v) is 3.89. The van der Waals surface area contributed by atoms with Crippen LogP contribution in [0.4, 0.5) is 0 Å². The van der Waals surface area contributed by atoms with E-state index in [-0.39, 0.29) is 18.3 Å². The van der Waals surface area contributed by atoms with E-state index < -0.39 is 0 Å². The lowest BCUT2D eigenvalue weighted by Gasteiger charge is -2.07. The molecule has 0 fully saturated rings. The number of carbonyl (C=O) groups excluding carboxylic acids is 1. The molecular formula is C26H56ClN3O. The van der Waals surface area contributed by atoms with Crippen LogP contribution in [0.25, 0.3) is 0 Å². The molecule has 0 unspecified atom stereocenters. The van der Waals surface area contributed by atoms with Gasteiger partial charge < -0.3 is 16.4 Å². The van der Waals surface area contributed by atoms with Crippen LogP contribution >= 0.6 is 12.4 Å². The Bertz CT molecular complexity index is 343. The summed E-state index contributed by atoms with van der Waals surface area (Å²) in [5.74, 6) is 0.169. The first kappa shape index (κ1) is 32.9. The highest BCUT2D eigenvalue weighted by Gasteiger charge is 2.00. The van der Waals surface area contributed by atoms with Crippen molar-refractivity contribution in [1.29, 1.82) is 0 Å². The number of rotatable bonds is 25. The van der Waals surface area contributed by atoms with E-state index in [0.717, 1.165) is 45.4 Å². The lowest BCUT2D eigenvalue weighted by molar-refractivity contribution is -0.121. The summed E-state index contributed by atoms with van der Waals surface area (Å²) in [6.45, 7) is 5.67. The molecule has 0 aromatic heterocycles. The predicted octanol–water partition coefficient (Wildman–Crippen LogP) is 6.89. The van der Waals surface area contributed by atoms with Crippen molar-refractivity contribution in [2.75, 3.05) is 26.2 Å². The average Bonchev–Trinajstić information content (AvgIpc) is 2.75. The summed E-state index contributed by atoms with van der Waals surface area (Å²) in [6, 6.07) is 0. The van der Waals surface area contributed by atoms with Crippen LogP contribution in [0.1, 0.15) is 135 Å². The number of carbonyl (C=O) groups is 1. The van der Waals surface area contributed by atoms with Gasteiger partial charge in [-0.1, -0.05) is 110 Å². The second-order valence-corrected chi connectivity index (χ2v) is 9.00. The minimum atomic E-state index is 0. The van der Waals surface area contributed by atoms with Crippen molar-refractivity contribution in [2.24, 2.45) is 5.73 Å². The van der Waals surface area contributed by atoms with E-state index in [1.807, 2.05) is 0 Å². The Morgan fingerprint density at radius 3 is 1.48 bits per heavy atom. The molecule has 0 saturated carbocycles. The Morgan fingerprint density at radius 1 is 0.581 bits per heavy atom. The number of unbranched alkanes of at least 4 members (excludes halogenated alkanes) is 17. The van der Waals surface area contributed by atoms with Crippen molar-refractivity contribution in [3.05, 3.63) is 0 Å². The SMILES string of the molecule is CCCCCCCCCCCCCCCCCCNCCC(=O)NCCCCCN.Cl. The number of hydrogen-bond acceptors (Lipinski definition) is 3. The fraction of sp³-hybridized carbons (Fsp3) is 0.962. The van der Waals surface area contributed by atoms with Crippen molar-refractivity contribution in [3.63, 3.8) is 0 Å². The zero-order valence-electron chi connectivity index (χ0n) is 20.9. The zero-order valence-corrected chi connectivity index (χ0v) is 21.7. The van der Waals surface area contributed by atoms with E-state index >= 15 is 0 Å². The van der Waals surface area contributed by atoms with E-state index in [2.05, 4.69) is 17.6 Å². The van der Waals surface area contributed by atoms with Gasteiger partial charge in [0.2, 0.25) is 5.91 Å². The van der Waals surface area contributed by atoms with Crippen molar-refractivity contribution >= 4 is 18.3 Å². The molecule has 0 aliphatic heterocycles. The van der Waals surface area contributed by atoms with Crippen LogP contribution in [0.15, 0.2) is 0 Å². The molecule has 0 bridgehead atoms. The third-order valence-electron chi connectivity index (χ3n) is 5.94. The van der Waals surface area contributed by atoms with Crippen molar-refractivity contribution in [1.82, 2.24) is 10.6 Å². The summed E-state index contributed by atoms with van der Waals surface area (Å²) in [7, 11) is 0. The Morgan fingerprint density at radius 2 is 1.00 bits per heavy atom. The normalized spacial score (nSPS) is 10.8. The summed E-state index contributed by atoms with van der Waals surface area (Å²) in [5, 5.41) is 6.38. The number of halogens is 1. The van der Waals surface area contributed by atoms with Gasteiger partial charge >= 0.3 is 0 Å². The topological polar surface area (TPSA) is 67.2 Å². The van der Waals surface area contributed by atoms with E-state index in [1.165, 1.54) is 103 Å². The second-order valence-electron chi connectivity index (χ2n) is 9.00. The number of hydrogen-bond donors (Lipinski definition) is 3. The maximum absolute atomic E-state index is 11.7. The molecule has 0 aliphatic rings. The maximum atomic E-state index is 11.7. The average molecular weight is 462 g/mol. The van der Waals surface area contributed by atoms with Gasteiger partial charge in [0.15, 0.2) is 0 Å². The van der Waals surface area contributed by atoms with E-state index in [1.54, 1.807) is 0 Å². The van der Waals surface area contributed by atoms with E-state index in [9.17, 15) is 4.79 Å². The van der Waals surface area contributed by atoms with Gasteiger partial charge in [-0.15, -0.1) is 12.4 Å². The first-order valence-electron chi connectivity index (χ1n) is 13.5. The number of nitrogens with one attached hydrogen (secondary N) is 2. The molecule has 0 aromatic rings. The molecule has 0 aliphatic carbocycles. The minimum Gasteiger partial charge on any atom is -0.356 e. The summed E-state index contributed by atoms with van der Waals surface area (Å²) in [4.78, 5) is 11.7. The van der Waals surface area contributed by atoms with Gasteiger partial charge in [0.1, 0.15) is 0 Å². The first-order chi connectivity index (χ1) is 14.8. The van der Waals surface area contributed by atoms with Gasteiger partial charge in [-0.25, -0.2) is 0 Å². The molecule has 188 valence electrons. The van der Waals surface area contributed by atoms with E-state index in [0.29, 0.717) is 6.42 Å². The van der Waals surface area contributed by atoms with Crippen LogP contribution in [0.2, 0.25) is 0 Å². The molecule has 4 nitrogen and oxygen atoms in total. The lowest BCUT2D eigenvalue weighted by Crippen LogP contribution is -2.28. The summed E-state index contributed by atoms with van der Waals surface area (Å²) >= 11 is 0. The molecular weight excluding hydrogens is 406 g/mol. The third kappa shape index (κ3) is 29.7. The molecule has 0 atom stereocenters. The van der Waals surface area contributed by atoms with Gasteiger partial charge in [0.05, 0.1) is 0 Å². The van der Waals surface area contributed by atoms with Gasteiger partial charge in [-0.3, -0.25) is 4.79 Å². The Balaban J connectivity index is 0. The first-order valence-corrected chi connectivity index (χ1v) is 13.5. The maximum Gasteiger partial charge on any atom is 0.221 e. The summed E-state index contributed by atoms with van der Waals surface area (Å²) < 4.78 is 0. The number of amides is 1. The van der Waals surface area contributed by atoms with Crippen molar-refractivity contribution in [2.45, 2.75) is 135 Å². The highest BCUT2D eigenvalue weighted by atomic mass is 35.5. The van der Waals surface area contributed by atoms with Crippen LogP contribution in [0.3, 0.4) is 0 Å². The molecule has 0 heterocycles. The molecule has 31 heavy (non-hydrogen) atoms. The van der Waals surface area contributed by atoms with Gasteiger partial charge in [-0.2, -0.15) is 0 Å². The molecule has 0 saturated heterocycles. The largest absolute Gasteiger partial charge is 0.356 e. The van der Waals surface area contributed by atoms with Crippen molar-refractivity contribution in [3.8, 4) is 0 Å². The summed E-state index contributed by atoms with van der Waals surface area (Å²) in [6.07, 6.45) is 26.3. The highest BCUT2D eigenvalue weighted by molar-refractivity contribution is 5.85. The number of nitrogens with two attached hydrogens (primary N) is 1. The van der Waals surface area contributed by atoms with Crippen molar-refractivity contribution < 1.29 is 4.79 Å². The molecule has 0 spiro atoms. The Kier molecular flexibility index (Phi) is 31.5. The quantitative estimate of drug-likeness (QED) is 0.129. The zero-order chi connectivity index (χ0) is 22.0. The van der Waals surface area contributed by atoms with Crippen LogP contribution in [0.5, 0.6) is 0 Å². The minimum absolute atomic E-state index is 0. The molecule has 0 aromatic carbocycles. The molecule has 4 N–H and O–H groups in total. The van der Waals surface area contributed by atoms with Crippen LogP contribution < -0.4 is 16.4 Å². The Hall–Kier alpha value is -0.320. The lowest BCUT2D eigenvalue weighted by atomic mass is 10.0. The highest BCUT2D eigenvalue weighted by Crippen LogP contribution is 2.13. The molecule has 5 heteroatoms. The monoisotopic (exact) mass is 461 g/mol. The summed E-state index contributed by atoms with van der Waals surface area (Å²) in [5.41, 5.74) is 5.46. The van der Waals surface area contributed by atoms with Gasteiger partial charge in [0, 0.05) is 19.5 Å². The molecule has 0 radical (unpaired) electrons. The smallest absolute Gasteiger partial charge is 0.221 e. The van der Waals surface area contributed by atoms with Gasteiger partial charge in [-0.05, 0) is 32.4 Å². The second kappa shape index (κ2) is 29.7. The standard InChI is InChI=1S/C26H55N3O.ClH/c1-2-3-4-5-6-7-8-9-10-11-12-13-14-15-16-19-23-28-25-21-26(30)29-24-20-17-18-22-27;/h28H,2-25,27H2,1H3,(H,29,30);1H. The van der Waals surface area contributed by atoms with Crippen LogP contribution in [-0.2, 0) is 4.79 Å².